The van der Waals surface area contributed by atoms with Crippen LogP contribution in [0.15, 0.2) is 18.2 Å². The number of hydrogen-bond acceptors (Lipinski definition) is 4. The summed E-state index contributed by atoms with van der Waals surface area (Å²) in [5.41, 5.74) is 0.951. The molecule has 0 aromatic heterocycles. The van der Waals surface area contributed by atoms with Crippen LogP contribution in [0.5, 0.6) is 5.75 Å². The number of rotatable bonds is 3. The number of esters is 1. The molecule has 1 rings (SSSR count). The van der Waals surface area contributed by atoms with Crippen molar-refractivity contribution in [2.24, 2.45) is 0 Å². The van der Waals surface area contributed by atoms with Crippen molar-refractivity contribution < 1.29 is 14.6 Å². The molecule has 0 fully saturated rings. The minimum Gasteiger partial charge on any atom is -0.506 e. The highest BCUT2D eigenvalue weighted by molar-refractivity contribution is 5.90. The smallest absolute Gasteiger partial charge is 0.337 e. The quantitative estimate of drug-likeness (QED) is 0.568. The lowest BCUT2D eigenvalue weighted by Gasteiger charge is -2.06. The summed E-state index contributed by atoms with van der Waals surface area (Å²) in [5, 5.41) is 12.5. The number of hydrogen-bond donors (Lipinski definition) is 2. The summed E-state index contributed by atoms with van der Waals surface area (Å²) in [5.74, 6) is -0.405. The molecule has 1 aromatic carbocycles. The summed E-state index contributed by atoms with van der Waals surface area (Å²) in [6.07, 6.45) is 0. The summed E-state index contributed by atoms with van der Waals surface area (Å²) in [6, 6.07) is 4.62. The molecule has 0 aliphatic carbocycles. The van der Waals surface area contributed by atoms with Crippen LogP contribution < -0.4 is 5.32 Å². The van der Waals surface area contributed by atoms with Gasteiger partial charge in [0, 0.05) is 6.54 Å². The third-order valence-electron chi connectivity index (χ3n) is 1.79. The molecule has 0 spiro atoms. The molecule has 0 aliphatic rings. The van der Waals surface area contributed by atoms with E-state index in [1.165, 1.54) is 13.2 Å². The van der Waals surface area contributed by atoms with Crippen molar-refractivity contribution in [2.45, 2.75) is 6.92 Å². The van der Waals surface area contributed by atoms with Crippen molar-refractivity contribution in [2.75, 3.05) is 19.0 Å². The third-order valence-corrected chi connectivity index (χ3v) is 1.79. The molecule has 0 atom stereocenters. The predicted octanol–water partition coefficient (Wildman–Crippen LogP) is 1.61. The van der Waals surface area contributed by atoms with Gasteiger partial charge in [0.05, 0.1) is 18.4 Å². The second kappa shape index (κ2) is 4.50. The van der Waals surface area contributed by atoms with Crippen molar-refractivity contribution in [3.8, 4) is 5.75 Å². The first-order chi connectivity index (χ1) is 6.69. The molecule has 4 nitrogen and oxygen atoms in total. The number of ether oxygens (including phenoxy) is 1. The Balaban J connectivity index is 2.94. The molecule has 0 radical (unpaired) electrons. The van der Waals surface area contributed by atoms with E-state index in [1.54, 1.807) is 12.1 Å². The van der Waals surface area contributed by atoms with E-state index in [0.717, 1.165) is 0 Å². The first-order valence-electron chi connectivity index (χ1n) is 4.34. The van der Waals surface area contributed by atoms with Gasteiger partial charge in [-0.2, -0.15) is 0 Å². The number of anilines is 1. The molecule has 0 saturated carbocycles. The van der Waals surface area contributed by atoms with Gasteiger partial charge in [-0.25, -0.2) is 4.79 Å². The van der Waals surface area contributed by atoms with Crippen LogP contribution in [-0.4, -0.2) is 24.7 Å². The lowest BCUT2D eigenvalue weighted by Crippen LogP contribution is -2.02. The highest BCUT2D eigenvalue weighted by atomic mass is 16.5. The molecule has 0 saturated heterocycles. The van der Waals surface area contributed by atoms with Gasteiger partial charge in [-0.05, 0) is 25.1 Å². The van der Waals surface area contributed by atoms with Crippen LogP contribution in [0.3, 0.4) is 0 Å². The minimum absolute atomic E-state index is 0.0507. The number of carbonyl (C=O) groups is 1. The summed E-state index contributed by atoms with van der Waals surface area (Å²) in [6.45, 7) is 2.64. The van der Waals surface area contributed by atoms with Crippen LogP contribution in [0.2, 0.25) is 0 Å². The van der Waals surface area contributed by atoms with Crippen LogP contribution in [0.4, 0.5) is 5.69 Å². The molecule has 0 heterocycles. The van der Waals surface area contributed by atoms with E-state index < -0.39 is 5.97 Å². The molecule has 0 bridgehead atoms. The van der Waals surface area contributed by atoms with Gasteiger partial charge in [-0.3, -0.25) is 0 Å². The normalized spacial score (nSPS) is 9.57. The Bertz CT molecular complexity index is 336. The van der Waals surface area contributed by atoms with Gasteiger partial charge in [-0.1, -0.05) is 0 Å². The van der Waals surface area contributed by atoms with Crippen LogP contribution >= 0.6 is 0 Å². The molecule has 1 aromatic rings. The Morgan fingerprint density at radius 3 is 2.79 bits per heavy atom. The monoisotopic (exact) mass is 195 g/mol. The highest BCUT2D eigenvalue weighted by Crippen LogP contribution is 2.24. The summed E-state index contributed by atoms with van der Waals surface area (Å²) >= 11 is 0. The number of nitrogens with one attached hydrogen (secondary N) is 1. The fourth-order valence-electron chi connectivity index (χ4n) is 1.12. The maximum Gasteiger partial charge on any atom is 0.337 e. The average molecular weight is 195 g/mol. The van der Waals surface area contributed by atoms with E-state index in [4.69, 9.17) is 0 Å². The van der Waals surface area contributed by atoms with E-state index >= 15 is 0 Å². The van der Waals surface area contributed by atoms with Gasteiger partial charge in [0.25, 0.3) is 0 Å². The first kappa shape index (κ1) is 10.4. The average Bonchev–Trinajstić information content (AvgIpc) is 2.20. The van der Waals surface area contributed by atoms with Crippen LogP contribution in [0, 0.1) is 0 Å². The molecule has 0 amide bonds. The number of phenolic OH excluding ortho intramolecular Hbond substituents is 1. The van der Waals surface area contributed by atoms with Gasteiger partial charge >= 0.3 is 5.97 Å². The number of methoxy groups -OCH3 is 1. The number of carbonyl (C=O) groups excluding carboxylic acids is 1. The van der Waals surface area contributed by atoms with Crippen LogP contribution in [0.25, 0.3) is 0 Å². The lowest BCUT2D eigenvalue weighted by molar-refractivity contribution is 0.0600. The zero-order chi connectivity index (χ0) is 10.6. The fourth-order valence-corrected chi connectivity index (χ4v) is 1.12. The van der Waals surface area contributed by atoms with Gasteiger partial charge in [0.1, 0.15) is 5.75 Å². The Morgan fingerprint density at radius 2 is 2.29 bits per heavy atom. The Hall–Kier alpha value is -1.71. The third kappa shape index (κ3) is 2.16. The molecular weight excluding hydrogens is 182 g/mol. The van der Waals surface area contributed by atoms with Gasteiger partial charge in [0.2, 0.25) is 0 Å². The molecule has 0 unspecified atom stereocenters. The van der Waals surface area contributed by atoms with Gasteiger partial charge in [-0.15, -0.1) is 0 Å². The van der Waals surface area contributed by atoms with Crippen LogP contribution in [0.1, 0.15) is 17.3 Å². The van der Waals surface area contributed by atoms with E-state index in [9.17, 15) is 9.90 Å². The highest BCUT2D eigenvalue weighted by Gasteiger charge is 2.08. The topological polar surface area (TPSA) is 58.6 Å². The maximum absolute atomic E-state index is 11.1. The van der Waals surface area contributed by atoms with Gasteiger partial charge < -0.3 is 15.2 Å². The zero-order valence-electron chi connectivity index (χ0n) is 8.20. The number of phenols is 1. The van der Waals surface area contributed by atoms with Crippen molar-refractivity contribution in [3.05, 3.63) is 23.8 Å². The van der Waals surface area contributed by atoms with E-state index in [-0.39, 0.29) is 5.75 Å². The minimum atomic E-state index is -0.455. The summed E-state index contributed by atoms with van der Waals surface area (Å²) < 4.78 is 4.52. The largest absolute Gasteiger partial charge is 0.506 e. The SMILES string of the molecule is CCNc1ccc(C(=O)OC)cc1O. The summed E-state index contributed by atoms with van der Waals surface area (Å²) in [7, 11) is 1.30. The Labute approximate surface area is 82.5 Å². The molecule has 76 valence electrons. The molecular formula is C10H13NO3. The summed E-state index contributed by atoms with van der Waals surface area (Å²) in [4.78, 5) is 11.1. The lowest BCUT2D eigenvalue weighted by atomic mass is 10.2. The second-order valence-corrected chi connectivity index (χ2v) is 2.75. The molecule has 0 aliphatic heterocycles. The van der Waals surface area contributed by atoms with E-state index in [2.05, 4.69) is 10.1 Å². The fraction of sp³-hybridized carbons (Fsp3) is 0.300. The standard InChI is InChI=1S/C10H13NO3/c1-3-11-8-5-4-7(6-9(8)12)10(13)14-2/h4-6,11-12H,3H2,1-2H3. The van der Waals surface area contributed by atoms with Crippen molar-refractivity contribution >= 4 is 11.7 Å². The molecule has 14 heavy (non-hydrogen) atoms. The first-order valence-corrected chi connectivity index (χ1v) is 4.34. The van der Waals surface area contributed by atoms with E-state index in [1.807, 2.05) is 6.92 Å². The number of aromatic hydroxyl groups is 1. The molecule has 2 N–H and O–H groups in total. The Morgan fingerprint density at radius 1 is 1.57 bits per heavy atom. The second-order valence-electron chi connectivity index (χ2n) is 2.75. The van der Waals surface area contributed by atoms with E-state index in [0.29, 0.717) is 17.8 Å². The predicted molar refractivity (Wildman–Crippen MR) is 53.6 cm³/mol. The van der Waals surface area contributed by atoms with Crippen molar-refractivity contribution in [1.29, 1.82) is 0 Å². The van der Waals surface area contributed by atoms with Crippen molar-refractivity contribution in [1.82, 2.24) is 0 Å². The van der Waals surface area contributed by atoms with Crippen LogP contribution in [-0.2, 0) is 4.74 Å². The number of benzene rings is 1. The van der Waals surface area contributed by atoms with Gasteiger partial charge in [0.15, 0.2) is 0 Å². The zero-order valence-corrected chi connectivity index (χ0v) is 8.20. The maximum atomic E-state index is 11.1. The van der Waals surface area contributed by atoms with Crippen molar-refractivity contribution in [3.63, 3.8) is 0 Å². The molecule has 4 heteroatoms. The Kier molecular flexibility index (Phi) is 3.34.